The number of unbranched alkanes of at least 4 members (excludes halogenated alkanes) is 14. The van der Waals surface area contributed by atoms with E-state index in [-0.39, 0.29) is 24.0 Å². The summed E-state index contributed by atoms with van der Waals surface area (Å²) >= 11 is 0. The SMILES string of the molecule is CCCCCCCCCCCCCCCCCC(=O)NCCC(=O)Nc1ccc(O)cc1. The first-order chi connectivity index (χ1) is 15.6. The molecule has 0 spiro atoms. The van der Waals surface area contributed by atoms with Crippen LogP contribution in [0.25, 0.3) is 0 Å². The van der Waals surface area contributed by atoms with Gasteiger partial charge >= 0.3 is 0 Å². The lowest BCUT2D eigenvalue weighted by Crippen LogP contribution is -2.27. The summed E-state index contributed by atoms with van der Waals surface area (Å²) in [6.07, 6.45) is 20.5. The van der Waals surface area contributed by atoms with Crippen molar-refractivity contribution in [3.8, 4) is 5.75 Å². The quantitative estimate of drug-likeness (QED) is 0.148. The van der Waals surface area contributed by atoms with Crippen LogP contribution in [-0.4, -0.2) is 23.5 Å². The summed E-state index contributed by atoms with van der Waals surface area (Å²) in [4.78, 5) is 23.7. The van der Waals surface area contributed by atoms with E-state index in [4.69, 9.17) is 0 Å². The molecule has 0 aliphatic rings. The average Bonchev–Trinajstić information content (AvgIpc) is 2.78. The molecule has 1 aromatic rings. The lowest BCUT2D eigenvalue weighted by atomic mass is 10.0. The Hall–Kier alpha value is -2.04. The van der Waals surface area contributed by atoms with Gasteiger partial charge in [-0.1, -0.05) is 96.8 Å². The molecule has 182 valence electrons. The van der Waals surface area contributed by atoms with Crippen molar-refractivity contribution in [2.75, 3.05) is 11.9 Å². The van der Waals surface area contributed by atoms with Crippen LogP contribution in [0.5, 0.6) is 5.75 Å². The van der Waals surface area contributed by atoms with E-state index in [1.165, 1.54) is 95.6 Å². The number of aromatic hydroxyl groups is 1. The molecule has 0 saturated heterocycles. The Morgan fingerprint density at radius 1 is 0.656 bits per heavy atom. The first kappa shape index (κ1) is 28.0. The van der Waals surface area contributed by atoms with Gasteiger partial charge in [-0.05, 0) is 30.7 Å². The molecule has 0 atom stereocenters. The topological polar surface area (TPSA) is 78.4 Å². The maximum Gasteiger partial charge on any atom is 0.226 e. The van der Waals surface area contributed by atoms with Crippen molar-refractivity contribution in [2.24, 2.45) is 0 Å². The predicted molar refractivity (Wildman–Crippen MR) is 134 cm³/mol. The fourth-order valence-corrected chi connectivity index (χ4v) is 3.83. The highest BCUT2D eigenvalue weighted by Crippen LogP contribution is 2.14. The summed E-state index contributed by atoms with van der Waals surface area (Å²) in [5.74, 6) is 0.0363. The molecule has 0 fully saturated rings. The van der Waals surface area contributed by atoms with Crippen molar-refractivity contribution >= 4 is 17.5 Å². The minimum Gasteiger partial charge on any atom is -0.508 e. The second kappa shape index (κ2) is 19.6. The molecule has 5 nitrogen and oxygen atoms in total. The van der Waals surface area contributed by atoms with E-state index in [2.05, 4.69) is 17.6 Å². The number of hydrogen-bond donors (Lipinski definition) is 3. The number of benzene rings is 1. The summed E-state index contributed by atoms with van der Waals surface area (Å²) in [6.45, 7) is 2.62. The Morgan fingerprint density at radius 3 is 1.62 bits per heavy atom. The molecular weight excluding hydrogens is 400 g/mol. The second-order valence-electron chi connectivity index (χ2n) is 8.89. The van der Waals surface area contributed by atoms with Gasteiger partial charge in [0.05, 0.1) is 0 Å². The first-order valence-electron chi connectivity index (χ1n) is 13.0. The third kappa shape index (κ3) is 16.6. The highest BCUT2D eigenvalue weighted by molar-refractivity contribution is 5.91. The van der Waals surface area contributed by atoms with Crippen LogP contribution >= 0.6 is 0 Å². The lowest BCUT2D eigenvalue weighted by Gasteiger charge is -2.07. The summed E-state index contributed by atoms with van der Waals surface area (Å²) in [5.41, 5.74) is 0.636. The molecule has 2 amide bonds. The van der Waals surface area contributed by atoms with E-state index in [0.717, 1.165) is 12.8 Å². The summed E-state index contributed by atoms with van der Waals surface area (Å²) in [5, 5.41) is 14.8. The fourth-order valence-electron chi connectivity index (χ4n) is 3.83. The van der Waals surface area contributed by atoms with E-state index in [9.17, 15) is 14.7 Å². The van der Waals surface area contributed by atoms with Gasteiger partial charge in [-0.15, -0.1) is 0 Å². The Balaban J connectivity index is 1.83. The number of hydrogen-bond acceptors (Lipinski definition) is 3. The van der Waals surface area contributed by atoms with E-state index >= 15 is 0 Å². The standard InChI is InChI=1S/C27H46N2O3/c1-2-3-4-5-6-7-8-9-10-11-12-13-14-15-16-17-26(31)28-23-22-27(32)29-24-18-20-25(30)21-19-24/h18-21,30H,2-17,22-23H2,1H3,(H,28,31)(H,29,32). The highest BCUT2D eigenvalue weighted by atomic mass is 16.3. The van der Waals surface area contributed by atoms with Gasteiger partial charge in [-0.3, -0.25) is 9.59 Å². The molecule has 0 heterocycles. The van der Waals surface area contributed by atoms with Gasteiger partial charge in [0.2, 0.25) is 11.8 Å². The molecule has 0 saturated carbocycles. The molecule has 0 aliphatic carbocycles. The first-order valence-corrected chi connectivity index (χ1v) is 13.0. The third-order valence-corrected chi connectivity index (χ3v) is 5.83. The Morgan fingerprint density at radius 2 is 1.12 bits per heavy atom. The van der Waals surface area contributed by atoms with E-state index in [1.807, 2.05) is 0 Å². The molecule has 0 aromatic heterocycles. The minimum absolute atomic E-state index is 0.0251. The van der Waals surface area contributed by atoms with Crippen LogP contribution in [-0.2, 0) is 9.59 Å². The molecule has 0 aliphatic heterocycles. The van der Waals surface area contributed by atoms with Crippen LogP contribution in [0.15, 0.2) is 24.3 Å². The van der Waals surface area contributed by atoms with Gasteiger partial charge in [0, 0.05) is 25.1 Å². The zero-order chi connectivity index (χ0) is 23.3. The number of carbonyl (C=O) groups is 2. The van der Waals surface area contributed by atoms with Crippen molar-refractivity contribution in [1.82, 2.24) is 5.32 Å². The molecule has 3 N–H and O–H groups in total. The van der Waals surface area contributed by atoms with Gasteiger partial charge in [0.15, 0.2) is 0 Å². The number of amides is 2. The molecule has 1 aromatic carbocycles. The number of rotatable bonds is 20. The van der Waals surface area contributed by atoms with E-state index < -0.39 is 0 Å². The van der Waals surface area contributed by atoms with Gasteiger partial charge in [0.25, 0.3) is 0 Å². The van der Waals surface area contributed by atoms with Gasteiger partial charge in [-0.2, -0.15) is 0 Å². The zero-order valence-corrected chi connectivity index (χ0v) is 20.3. The van der Waals surface area contributed by atoms with Gasteiger partial charge in [0.1, 0.15) is 5.75 Å². The van der Waals surface area contributed by atoms with Crippen molar-refractivity contribution in [2.45, 2.75) is 116 Å². The van der Waals surface area contributed by atoms with Crippen LogP contribution in [0.3, 0.4) is 0 Å². The lowest BCUT2D eigenvalue weighted by molar-refractivity contribution is -0.121. The number of anilines is 1. The Bertz CT molecular complexity index is 601. The predicted octanol–water partition coefficient (Wildman–Crippen LogP) is 7.10. The molecule has 32 heavy (non-hydrogen) atoms. The van der Waals surface area contributed by atoms with Crippen molar-refractivity contribution in [3.05, 3.63) is 24.3 Å². The van der Waals surface area contributed by atoms with Crippen LogP contribution in [0, 0.1) is 0 Å². The highest BCUT2D eigenvalue weighted by Gasteiger charge is 2.05. The minimum atomic E-state index is -0.150. The summed E-state index contributed by atoms with van der Waals surface area (Å²) < 4.78 is 0. The second-order valence-corrected chi connectivity index (χ2v) is 8.89. The fraction of sp³-hybridized carbons (Fsp3) is 0.704. The number of nitrogens with one attached hydrogen (secondary N) is 2. The van der Waals surface area contributed by atoms with Crippen molar-refractivity contribution in [3.63, 3.8) is 0 Å². The number of phenols is 1. The zero-order valence-electron chi connectivity index (χ0n) is 20.3. The Kier molecular flexibility index (Phi) is 17.2. The molecule has 0 bridgehead atoms. The molecule has 1 rings (SSSR count). The number of phenolic OH excluding ortho intramolecular Hbond substituents is 1. The van der Waals surface area contributed by atoms with Crippen molar-refractivity contribution < 1.29 is 14.7 Å². The number of carbonyl (C=O) groups excluding carboxylic acids is 2. The molecule has 0 radical (unpaired) electrons. The largest absolute Gasteiger partial charge is 0.508 e. The van der Waals surface area contributed by atoms with E-state index in [1.54, 1.807) is 12.1 Å². The Labute approximate surface area is 195 Å². The maximum absolute atomic E-state index is 11.9. The summed E-state index contributed by atoms with van der Waals surface area (Å²) in [6, 6.07) is 6.33. The van der Waals surface area contributed by atoms with Crippen LogP contribution in [0.1, 0.15) is 116 Å². The molecule has 5 heteroatoms. The van der Waals surface area contributed by atoms with Crippen molar-refractivity contribution in [1.29, 1.82) is 0 Å². The normalized spacial score (nSPS) is 10.8. The maximum atomic E-state index is 11.9. The van der Waals surface area contributed by atoms with Gasteiger partial charge in [-0.25, -0.2) is 0 Å². The average molecular weight is 447 g/mol. The van der Waals surface area contributed by atoms with Crippen LogP contribution in [0.4, 0.5) is 5.69 Å². The summed E-state index contributed by atoms with van der Waals surface area (Å²) in [7, 11) is 0. The third-order valence-electron chi connectivity index (χ3n) is 5.83. The smallest absolute Gasteiger partial charge is 0.226 e. The molecule has 0 unspecified atom stereocenters. The van der Waals surface area contributed by atoms with Crippen LogP contribution in [0.2, 0.25) is 0 Å². The van der Waals surface area contributed by atoms with Gasteiger partial charge < -0.3 is 15.7 Å². The molecular formula is C27H46N2O3. The van der Waals surface area contributed by atoms with E-state index in [0.29, 0.717) is 18.7 Å². The monoisotopic (exact) mass is 446 g/mol. The van der Waals surface area contributed by atoms with Crippen LogP contribution < -0.4 is 10.6 Å².